The number of nitrogens with zero attached hydrogens (tertiary/aromatic N) is 1. The maximum Gasteiger partial charge on any atom is 0.408 e. The van der Waals surface area contributed by atoms with E-state index in [-0.39, 0.29) is 23.8 Å². The molecule has 3 amide bonds. The number of aryl methyl sites for hydroxylation is 3. The Hall–Kier alpha value is -3.35. The van der Waals surface area contributed by atoms with E-state index in [4.69, 9.17) is 4.74 Å². The molecule has 2 N–H and O–H groups in total. The lowest BCUT2D eigenvalue weighted by Gasteiger charge is -2.36. The average molecular weight is 522 g/mol. The molecular formula is C31H43N3O4. The number of ether oxygens (including phenoxy) is 1. The number of amides is 3. The van der Waals surface area contributed by atoms with E-state index in [9.17, 15) is 14.4 Å². The summed E-state index contributed by atoms with van der Waals surface area (Å²) in [6, 6.07) is 11.8. The predicted octanol–water partition coefficient (Wildman–Crippen LogP) is 6.22. The number of carbonyl (C=O) groups is 3. The molecule has 1 aliphatic carbocycles. The van der Waals surface area contributed by atoms with Gasteiger partial charge in [-0.05, 0) is 89.5 Å². The Morgan fingerprint density at radius 3 is 2.24 bits per heavy atom. The van der Waals surface area contributed by atoms with E-state index in [1.165, 1.54) is 0 Å². The Kier molecular flexibility index (Phi) is 9.23. The van der Waals surface area contributed by atoms with Gasteiger partial charge < -0.3 is 20.3 Å². The first kappa shape index (κ1) is 29.2. The lowest BCUT2D eigenvalue weighted by Crippen LogP contribution is -2.53. The molecule has 0 bridgehead atoms. The van der Waals surface area contributed by atoms with E-state index in [2.05, 4.69) is 10.6 Å². The summed E-state index contributed by atoms with van der Waals surface area (Å²) < 4.78 is 5.48. The van der Waals surface area contributed by atoms with E-state index >= 15 is 0 Å². The number of hydrogen-bond acceptors (Lipinski definition) is 4. The Bertz CT molecular complexity index is 1160. The van der Waals surface area contributed by atoms with Crippen molar-refractivity contribution in [2.24, 2.45) is 5.92 Å². The average Bonchev–Trinajstić information content (AvgIpc) is 3.63. The van der Waals surface area contributed by atoms with Crippen LogP contribution in [0.15, 0.2) is 42.5 Å². The van der Waals surface area contributed by atoms with E-state index in [1.54, 1.807) is 25.7 Å². The van der Waals surface area contributed by atoms with Crippen molar-refractivity contribution in [3.8, 4) is 0 Å². The van der Waals surface area contributed by atoms with Crippen LogP contribution in [0.5, 0.6) is 0 Å². The van der Waals surface area contributed by atoms with Crippen LogP contribution in [-0.2, 0) is 14.3 Å². The SMILES string of the molecule is Cc1ccc(C)c(C(C(=O)Nc2ccccc2C)N(C(=O)C(CC(C)C)NC(=O)OC(C)(C)C)C2CC2)c1. The van der Waals surface area contributed by atoms with Crippen LogP contribution in [0.3, 0.4) is 0 Å². The number of rotatable bonds is 9. The molecule has 0 saturated heterocycles. The number of carbonyl (C=O) groups excluding carboxylic acids is 3. The van der Waals surface area contributed by atoms with Crippen molar-refractivity contribution in [1.29, 1.82) is 0 Å². The molecule has 2 atom stereocenters. The summed E-state index contributed by atoms with van der Waals surface area (Å²) in [6.07, 6.45) is 1.41. The van der Waals surface area contributed by atoms with E-state index < -0.39 is 23.8 Å². The Morgan fingerprint density at radius 2 is 1.66 bits per heavy atom. The molecule has 2 aromatic carbocycles. The van der Waals surface area contributed by atoms with Gasteiger partial charge in [0.2, 0.25) is 5.91 Å². The summed E-state index contributed by atoms with van der Waals surface area (Å²) in [4.78, 5) is 42.8. The fraction of sp³-hybridized carbons (Fsp3) is 0.516. The predicted molar refractivity (Wildman–Crippen MR) is 151 cm³/mol. The third-order valence-electron chi connectivity index (χ3n) is 6.55. The Morgan fingerprint density at radius 1 is 1.00 bits per heavy atom. The van der Waals surface area contributed by atoms with Crippen molar-refractivity contribution in [3.05, 3.63) is 64.7 Å². The first-order chi connectivity index (χ1) is 17.8. The normalized spacial score (nSPS) is 15.0. The summed E-state index contributed by atoms with van der Waals surface area (Å²) in [5.74, 6) is -0.397. The molecule has 0 aliphatic heterocycles. The van der Waals surface area contributed by atoms with Crippen LogP contribution in [0.2, 0.25) is 0 Å². The molecule has 1 fully saturated rings. The summed E-state index contributed by atoms with van der Waals surface area (Å²) >= 11 is 0. The number of hydrogen-bond donors (Lipinski definition) is 2. The highest BCUT2D eigenvalue weighted by Gasteiger charge is 2.44. The molecule has 1 aliphatic rings. The number of para-hydroxylation sites is 1. The molecule has 7 nitrogen and oxygen atoms in total. The highest BCUT2D eigenvalue weighted by molar-refractivity contribution is 5.99. The third-order valence-corrected chi connectivity index (χ3v) is 6.55. The maximum absolute atomic E-state index is 14.3. The van der Waals surface area contributed by atoms with E-state index in [1.807, 2.05) is 77.1 Å². The van der Waals surface area contributed by atoms with Crippen molar-refractivity contribution in [2.75, 3.05) is 5.32 Å². The zero-order valence-electron chi connectivity index (χ0n) is 24.1. The van der Waals surface area contributed by atoms with Crippen LogP contribution in [0.25, 0.3) is 0 Å². The van der Waals surface area contributed by atoms with Crippen LogP contribution < -0.4 is 10.6 Å². The second kappa shape index (κ2) is 12.0. The first-order valence-electron chi connectivity index (χ1n) is 13.5. The quantitative estimate of drug-likeness (QED) is 0.410. The molecule has 38 heavy (non-hydrogen) atoms. The van der Waals surface area contributed by atoms with Gasteiger partial charge in [0.1, 0.15) is 17.7 Å². The molecule has 0 spiro atoms. The fourth-order valence-corrected chi connectivity index (χ4v) is 4.58. The first-order valence-corrected chi connectivity index (χ1v) is 13.5. The molecule has 206 valence electrons. The summed E-state index contributed by atoms with van der Waals surface area (Å²) in [5, 5.41) is 5.89. The lowest BCUT2D eigenvalue weighted by molar-refractivity contribution is -0.141. The van der Waals surface area contributed by atoms with Gasteiger partial charge in [-0.15, -0.1) is 0 Å². The van der Waals surface area contributed by atoms with Crippen molar-refractivity contribution in [2.45, 2.75) is 98.4 Å². The van der Waals surface area contributed by atoms with Crippen molar-refractivity contribution >= 4 is 23.6 Å². The van der Waals surface area contributed by atoms with E-state index in [0.29, 0.717) is 12.1 Å². The summed E-state index contributed by atoms with van der Waals surface area (Å²) in [7, 11) is 0. The minimum absolute atomic E-state index is 0.0786. The van der Waals surface area contributed by atoms with Gasteiger partial charge in [0.15, 0.2) is 0 Å². The monoisotopic (exact) mass is 521 g/mol. The van der Waals surface area contributed by atoms with Crippen molar-refractivity contribution in [1.82, 2.24) is 10.2 Å². The van der Waals surface area contributed by atoms with Gasteiger partial charge in [-0.25, -0.2) is 4.79 Å². The summed E-state index contributed by atoms with van der Waals surface area (Å²) in [5.41, 5.74) is 3.68. The molecule has 7 heteroatoms. The minimum atomic E-state index is -0.843. The Labute approximate surface area is 227 Å². The van der Waals surface area contributed by atoms with Crippen molar-refractivity contribution in [3.63, 3.8) is 0 Å². The molecule has 3 rings (SSSR count). The minimum Gasteiger partial charge on any atom is -0.444 e. The van der Waals surface area contributed by atoms with Gasteiger partial charge in [0.25, 0.3) is 5.91 Å². The molecule has 2 aromatic rings. The molecule has 0 radical (unpaired) electrons. The largest absolute Gasteiger partial charge is 0.444 e. The molecule has 1 saturated carbocycles. The van der Waals surface area contributed by atoms with Gasteiger partial charge in [-0.3, -0.25) is 9.59 Å². The molecule has 2 unspecified atom stereocenters. The second-order valence-electron chi connectivity index (χ2n) is 11.9. The highest BCUT2D eigenvalue weighted by atomic mass is 16.6. The standard InChI is InChI=1S/C31H43N3O4/c1-19(2)17-26(33-30(37)38-31(6,7)8)29(36)34(23-15-16-23)27(24-18-20(3)13-14-21(24)4)28(35)32-25-12-10-9-11-22(25)5/h9-14,18-19,23,26-27H,15-17H2,1-8H3,(H,32,35)(H,33,37). The van der Waals surface area contributed by atoms with Gasteiger partial charge in [-0.2, -0.15) is 0 Å². The van der Waals surface area contributed by atoms with Gasteiger partial charge in [-0.1, -0.05) is 55.8 Å². The molecular weight excluding hydrogens is 478 g/mol. The highest BCUT2D eigenvalue weighted by Crippen LogP contribution is 2.38. The Balaban J connectivity index is 2.04. The zero-order chi connectivity index (χ0) is 28.2. The van der Waals surface area contributed by atoms with Crippen LogP contribution >= 0.6 is 0 Å². The summed E-state index contributed by atoms with van der Waals surface area (Å²) in [6.45, 7) is 15.3. The number of alkyl carbamates (subject to hydrolysis) is 1. The van der Waals surface area contributed by atoms with Gasteiger partial charge in [0.05, 0.1) is 0 Å². The number of nitrogens with one attached hydrogen (secondary N) is 2. The third kappa shape index (κ3) is 7.83. The zero-order valence-corrected chi connectivity index (χ0v) is 24.1. The molecule has 0 aromatic heterocycles. The van der Waals surface area contributed by atoms with Gasteiger partial charge >= 0.3 is 6.09 Å². The van der Waals surface area contributed by atoms with Crippen LogP contribution in [0.1, 0.15) is 82.2 Å². The lowest BCUT2D eigenvalue weighted by atomic mass is 9.94. The smallest absolute Gasteiger partial charge is 0.408 e. The second-order valence-corrected chi connectivity index (χ2v) is 11.9. The van der Waals surface area contributed by atoms with Crippen molar-refractivity contribution < 1.29 is 19.1 Å². The number of anilines is 1. The topological polar surface area (TPSA) is 87.7 Å². The number of benzene rings is 2. The van der Waals surface area contributed by atoms with Crippen LogP contribution in [-0.4, -0.2) is 40.5 Å². The maximum atomic E-state index is 14.3. The van der Waals surface area contributed by atoms with Gasteiger partial charge in [0, 0.05) is 11.7 Å². The van der Waals surface area contributed by atoms with E-state index in [0.717, 1.165) is 35.1 Å². The fourth-order valence-electron chi connectivity index (χ4n) is 4.58. The van der Waals surface area contributed by atoms with Crippen LogP contribution in [0.4, 0.5) is 10.5 Å². The van der Waals surface area contributed by atoms with Crippen LogP contribution in [0, 0.1) is 26.7 Å². The molecule has 0 heterocycles.